The van der Waals surface area contributed by atoms with E-state index >= 15 is 0 Å². The number of ether oxygens (including phenoxy) is 1. The molecular weight excluding hydrogens is 274 g/mol. The SMILES string of the molecule is O=C1CC[C@]2(CCOC2)CN1Cc1cn2c(n1)SCC2. The molecule has 6 heteroatoms. The number of carbonyl (C=O) groups excluding carboxylic acids is 1. The second-order valence-corrected chi connectivity index (χ2v) is 7.17. The maximum absolute atomic E-state index is 12.2. The van der Waals surface area contributed by atoms with Crippen molar-refractivity contribution >= 4 is 17.7 Å². The van der Waals surface area contributed by atoms with Crippen molar-refractivity contribution in [2.24, 2.45) is 5.41 Å². The normalized spacial score (nSPS) is 29.4. The van der Waals surface area contributed by atoms with Crippen LogP contribution in [0, 0.1) is 5.41 Å². The Morgan fingerprint density at radius 1 is 1.45 bits per heavy atom. The van der Waals surface area contributed by atoms with Gasteiger partial charge in [-0.3, -0.25) is 4.79 Å². The number of aryl methyl sites for hydroxylation is 1. The molecule has 1 spiro atoms. The van der Waals surface area contributed by atoms with Gasteiger partial charge in [0.15, 0.2) is 5.16 Å². The van der Waals surface area contributed by atoms with E-state index in [2.05, 4.69) is 15.7 Å². The summed E-state index contributed by atoms with van der Waals surface area (Å²) in [6.07, 6.45) is 4.84. The average molecular weight is 293 g/mol. The quantitative estimate of drug-likeness (QED) is 0.829. The van der Waals surface area contributed by atoms with Crippen molar-refractivity contribution in [3.05, 3.63) is 11.9 Å². The molecule has 1 aromatic rings. The number of piperidine rings is 1. The molecule has 0 saturated carbocycles. The summed E-state index contributed by atoms with van der Waals surface area (Å²) in [7, 11) is 0. The van der Waals surface area contributed by atoms with Gasteiger partial charge in [0.1, 0.15) is 0 Å². The Morgan fingerprint density at radius 2 is 2.40 bits per heavy atom. The van der Waals surface area contributed by atoms with Crippen LogP contribution in [0.4, 0.5) is 0 Å². The smallest absolute Gasteiger partial charge is 0.222 e. The summed E-state index contributed by atoms with van der Waals surface area (Å²) in [6.45, 7) is 4.19. The van der Waals surface area contributed by atoms with E-state index in [9.17, 15) is 4.79 Å². The van der Waals surface area contributed by atoms with E-state index in [4.69, 9.17) is 4.74 Å². The third-order valence-corrected chi connectivity index (χ3v) is 5.61. The number of likely N-dealkylation sites (tertiary alicyclic amines) is 1. The predicted octanol–water partition coefficient (Wildman–Crippen LogP) is 1.52. The van der Waals surface area contributed by atoms with Crippen molar-refractivity contribution in [1.29, 1.82) is 0 Å². The number of hydrogen-bond donors (Lipinski definition) is 0. The van der Waals surface area contributed by atoms with Crippen molar-refractivity contribution in [2.75, 3.05) is 25.5 Å². The van der Waals surface area contributed by atoms with E-state index in [1.165, 1.54) is 0 Å². The molecule has 2 saturated heterocycles. The molecule has 5 nitrogen and oxygen atoms in total. The van der Waals surface area contributed by atoms with E-state index in [-0.39, 0.29) is 11.3 Å². The summed E-state index contributed by atoms with van der Waals surface area (Å²) < 4.78 is 7.76. The van der Waals surface area contributed by atoms with Gasteiger partial charge in [-0.05, 0) is 12.8 Å². The van der Waals surface area contributed by atoms with E-state index in [0.29, 0.717) is 13.0 Å². The molecule has 3 aliphatic rings. The van der Waals surface area contributed by atoms with Crippen molar-refractivity contribution < 1.29 is 9.53 Å². The van der Waals surface area contributed by atoms with Crippen LogP contribution in [0.1, 0.15) is 25.0 Å². The number of thioether (sulfide) groups is 1. The molecule has 0 unspecified atom stereocenters. The van der Waals surface area contributed by atoms with Gasteiger partial charge in [-0.15, -0.1) is 0 Å². The number of amides is 1. The van der Waals surface area contributed by atoms with Crippen LogP contribution in [0.25, 0.3) is 0 Å². The second-order valence-electron chi connectivity index (χ2n) is 6.11. The maximum Gasteiger partial charge on any atom is 0.222 e. The van der Waals surface area contributed by atoms with Crippen LogP contribution in [0.15, 0.2) is 11.4 Å². The van der Waals surface area contributed by atoms with Gasteiger partial charge >= 0.3 is 0 Å². The van der Waals surface area contributed by atoms with Gasteiger partial charge in [0.05, 0.1) is 18.8 Å². The lowest BCUT2D eigenvalue weighted by Gasteiger charge is -2.38. The summed E-state index contributed by atoms with van der Waals surface area (Å²) in [5.74, 6) is 1.38. The molecule has 2 fully saturated rings. The molecule has 4 heterocycles. The van der Waals surface area contributed by atoms with E-state index in [0.717, 1.165) is 55.7 Å². The topological polar surface area (TPSA) is 47.4 Å². The molecule has 1 amide bonds. The van der Waals surface area contributed by atoms with Crippen LogP contribution >= 0.6 is 11.8 Å². The Kier molecular flexibility index (Phi) is 3.03. The van der Waals surface area contributed by atoms with E-state index < -0.39 is 0 Å². The van der Waals surface area contributed by atoms with Gasteiger partial charge < -0.3 is 14.2 Å². The zero-order valence-corrected chi connectivity index (χ0v) is 12.3. The largest absolute Gasteiger partial charge is 0.381 e. The highest BCUT2D eigenvalue weighted by Crippen LogP contribution is 2.38. The molecule has 3 aliphatic heterocycles. The van der Waals surface area contributed by atoms with Crippen LogP contribution in [-0.4, -0.2) is 45.9 Å². The molecule has 0 N–H and O–H groups in total. The predicted molar refractivity (Wildman–Crippen MR) is 75.5 cm³/mol. The van der Waals surface area contributed by atoms with Crippen molar-refractivity contribution in [1.82, 2.24) is 14.5 Å². The average Bonchev–Trinajstić information content (AvgIpc) is 3.10. The monoisotopic (exact) mass is 293 g/mol. The number of hydrogen-bond acceptors (Lipinski definition) is 4. The summed E-state index contributed by atoms with van der Waals surface area (Å²) in [6, 6.07) is 0. The molecule has 1 atom stereocenters. The molecular formula is C14H19N3O2S. The van der Waals surface area contributed by atoms with Gasteiger partial charge in [0.25, 0.3) is 0 Å². The Bertz CT molecular complexity index is 515. The van der Waals surface area contributed by atoms with Crippen LogP contribution < -0.4 is 0 Å². The maximum atomic E-state index is 12.2. The van der Waals surface area contributed by atoms with Gasteiger partial charge in [-0.1, -0.05) is 11.8 Å². The van der Waals surface area contributed by atoms with Gasteiger partial charge in [0, 0.05) is 43.5 Å². The number of rotatable bonds is 2. The first-order valence-corrected chi connectivity index (χ1v) is 8.27. The minimum Gasteiger partial charge on any atom is -0.381 e. The molecule has 20 heavy (non-hydrogen) atoms. The lowest BCUT2D eigenvalue weighted by atomic mass is 9.79. The van der Waals surface area contributed by atoms with Gasteiger partial charge in [-0.25, -0.2) is 4.98 Å². The van der Waals surface area contributed by atoms with Crippen LogP contribution in [0.2, 0.25) is 0 Å². The number of aromatic nitrogens is 2. The lowest BCUT2D eigenvalue weighted by Crippen LogP contribution is -2.46. The minimum absolute atomic E-state index is 0.213. The Balaban J connectivity index is 1.49. The molecule has 108 valence electrons. The highest BCUT2D eigenvalue weighted by Gasteiger charge is 2.41. The van der Waals surface area contributed by atoms with Crippen LogP contribution in [0.5, 0.6) is 0 Å². The fourth-order valence-electron chi connectivity index (χ4n) is 3.45. The zero-order chi connectivity index (χ0) is 13.6. The first-order valence-electron chi connectivity index (χ1n) is 7.29. The summed E-state index contributed by atoms with van der Waals surface area (Å²) in [5.41, 5.74) is 1.24. The number of carbonyl (C=O) groups is 1. The molecule has 0 radical (unpaired) electrons. The summed E-state index contributed by atoms with van der Waals surface area (Å²) in [5, 5.41) is 1.10. The third-order valence-electron chi connectivity index (χ3n) is 4.64. The molecule has 0 bridgehead atoms. The molecule has 0 aliphatic carbocycles. The Morgan fingerprint density at radius 3 is 3.20 bits per heavy atom. The van der Waals surface area contributed by atoms with Gasteiger partial charge in [-0.2, -0.15) is 0 Å². The standard InChI is InChI=1S/C14H19N3O2S/c18-12-1-2-14(3-5-19-10-14)9-17(12)8-11-7-16-4-6-20-13(16)15-11/h7H,1-6,8-10H2/t14-/m0/s1. The van der Waals surface area contributed by atoms with Crippen molar-refractivity contribution in [3.63, 3.8) is 0 Å². The first kappa shape index (κ1) is 12.7. The molecule has 0 aromatic carbocycles. The number of fused-ring (bicyclic) bond motifs is 1. The van der Waals surface area contributed by atoms with Crippen LogP contribution in [-0.2, 0) is 22.6 Å². The third kappa shape index (κ3) is 2.15. The van der Waals surface area contributed by atoms with Crippen molar-refractivity contribution in [3.8, 4) is 0 Å². The van der Waals surface area contributed by atoms with E-state index in [1.807, 2.05) is 4.90 Å². The molecule has 4 rings (SSSR count). The number of nitrogens with zero attached hydrogens (tertiary/aromatic N) is 3. The van der Waals surface area contributed by atoms with E-state index in [1.54, 1.807) is 11.8 Å². The van der Waals surface area contributed by atoms with Crippen LogP contribution in [0.3, 0.4) is 0 Å². The first-order chi connectivity index (χ1) is 9.74. The second kappa shape index (κ2) is 4.77. The Hall–Kier alpha value is -1.01. The minimum atomic E-state index is 0.213. The lowest BCUT2D eigenvalue weighted by molar-refractivity contribution is -0.138. The summed E-state index contributed by atoms with van der Waals surface area (Å²) in [4.78, 5) is 18.8. The number of imidazole rings is 1. The Labute approximate surface area is 122 Å². The van der Waals surface area contributed by atoms with Gasteiger partial charge in [0.2, 0.25) is 5.91 Å². The summed E-state index contributed by atoms with van der Waals surface area (Å²) >= 11 is 1.80. The zero-order valence-electron chi connectivity index (χ0n) is 11.5. The highest BCUT2D eigenvalue weighted by atomic mass is 32.2. The fourth-order valence-corrected chi connectivity index (χ4v) is 4.41. The van der Waals surface area contributed by atoms with Crippen molar-refractivity contribution in [2.45, 2.75) is 37.5 Å². The molecule has 1 aromatic heterocycles. The fraction of sp³-hybridized carbons (Fsp3) is 0.714. The highest BCUT2D eigenvalue weighted by molar-refractivity contribution is 7.99.